The third-order valence-electron chi connectivity index (χ3n) is 3.33. The quantitative estimate of drug-likeness (QED) is 0.615. The average Bonchev–Trinajstić information content (AvgIpc) is 2.79. The summed E-state index contributed by atoms with van der Waals surface area (Å²) in [5.41, 5.74) is 2.94. The van der Waals surface area contributed by atoms with Crippen LogP contribution in [-0.2, 0) is 6.42 Å². The largest absolute Gasteiger partial charge is 0.388 e. The molecule has 1 aromatic heterocycles. The van der Waals surface area contributed by atoms with Gasteiger partial charge >= 0.3 is 5.69 Å². The molecule has 3 N–H and O–H groups in total. The van der Waals surface area contributed by atoms with Gasteiger partial charge in [0.2, 0.25) is 0 Å². The first-order valence-corrected chi connectivity index (χ1v) is 7.95. The molecule has 0 radical (unpaired) electrons. The first-order valence-electron chi connectivity index (χ1n) is 6.37. The first kappa shape index (κ1) is 14.6. The standard InChI is InChI=1S/C15H12Br2N2O2/c16-9-3-1-8(2-4-9)5-14(20)10-6-12-13(7-11(10)17)19-15(21)18-12/h1-4,6-7,14,20H,5H2,(H2,18,19,21). The van der Waals surface area contributed by atoms with Crippen molar-refractivity contribution in [2.45, 2.75) is 12.5 Å². The topological polar surface area (TPSA) is 68.9 Å². The third kappa shape index (κ3) is 3.12. The smallest absolute Gasteiger partial charge is 0.323 e. The highest BCUT2D eigenvalue weighted by atomic mass is 79.9. The second kappa shape index (κ2) is 5.79. The molecular weight excluding hydrogens is 400 g/mol. The van der Waals surface area contributed by atoms with Crippen molar-refractivity contribution in [1.29, 1.82) is 0 Å². The highest BCUT2D eigenvalue weighted by Gasteiger charge is 2.14. The highest BCUT2D eigenvalue weighted by molar-refractivity contribution is 9.10. The summed E-state index contributed by atoms with van der Waals surface area (Å²) in [7, 11) is 0. The number of hydrogen-bond donors (Lipinski definition) is 3. The molecule has 0 aliphatic rings. The molecule has 3 aromatic rings. The van der Waals surface area contributed by atoms with E-state index < -0.39 is 6.10 Å². The van der Waals surface area contributed by atoms with Gasteiger partial charge in [0.15, 0.2) is 0 Å². The summed E-state index contributed by atoms with van der Waals surface area (Å²) in [4.78, 5) is 16.7. The Morgan fingerprint density at radius 2 is 1.67 bits per heavy atom. The van der Waals surface area contributed by atoms with Crippen LogP contribution in [0.4, 0.5) is 0 Å². The molecule has 6 heteroatoms. The normalized spacial score (nSPS) is 12.7. The molecule has 1 heterocycles. The van der Waals surface area contributed by atoms with E-state index in [2.05, 4.69) is 41.8 Å². The maximum Gasteiger partial charge on any atom is 0.323 e. The van der Waals surface area contributed by atoms with Gasteiger partial charge < -0.3 is 15.1 Å². The zero-order valence-electron chi connectivity index (χ0n) is 10.9. The Kier molecular flexibility index (Phi) is 4.01. The van der Waals surface area contributed by atoms with Gasteiger partial charge in [0, 0.05) is 15.4 Å². The molecule has 108 valence electrons. The van der Waals surface area contributed by atoms with E-state index in [0.717, 1.165) is 20.1 Å². The summed E-state index contributed by atoms with van der Waals surface area (Å²) >= 11 is 6.84. The second-order valence-electron chi connectivity index (χ2n) is 4.84. The number of H-pyrrole nitrogens is 2. The van der Waals surface area contributed by atoms with Crippen LogP contribution in [0.15, 0.2) is 50.1 Å². The van der Waals surface area contributed by atoms with Crippen LogP contribution in [0.1, 0.15) is 17.2 Å². The van der Waals surface area contributed by atoms with Crippen molar-refractivity contribution in [2.75, 3.05) is 0 Å². The minimum absolute atomic E-state index is 0.253. The second-order valence-corrected chi connectivity index (χ2v) is 6.61. The van der Waals surface area contributed by atoms with Crippen LogP contribution in [0.5, 0.6) is 0 Å². The Balaban J connectivity index is 1.93. The van der Waals surface area contributed by atoms with E-state index in [4.69, 9.17) is 0 Å². The van der Waals surface area contributed by atoms with Gasteiger partial charge in [-0.3, -0.25) is 0 Å². The molecule has 0 aliphatic carbocycles. The molecule has 21 heavy (non-hydrogen) atoms. The van der Waals surface area contributed by atoms with Gasteiger partial charge in [0.25, 0.3) is 0 Å². The minimum atomic E-state index is -0.650. The van der Waals surface area contributed by atoms with Crippen LogP contribution >= 0.6 is 31.9 Å². The van der Waals surface area contributed by atoms with Crippen LogP contribution < -0.4 is 5.69 Å². The fourth-order valence-corrected chi connectivity index (χ4v) is 3.15. The van der Waals surface area contributed by atoms with Crippen LogP contribution in [-0.4, -0.2) is 15.1 Å². The third-order valence-corrected chi connectivity index (χ3v) is 4.55. The fourth-order valence-electron chi connectivity index (χ4n) is 2.28. The number of aliphatic hydroxyl groups is 1. The van der Waals surface area contributed by atoms with Gasteiger partial charge in [0.1, 0.15) is 0 Å². The number of hydrogen-bond acceptors (Lipinski definition) is 2. The Hall–Kier alpha value is -1.37. The molecule has 1 atom stereocenters. The highest BCUT2D eigenvalue weighted by Crippen LogP contribution is 2.29. The number of aromatic amines is 2. The Bertz CT molecular complexity index is 837. The number of nitrogens with one attached hydrogen (secondary N) is 2. The van der Waals surface area contributed by atoms with Gasteiger partial charge in [-0.05, 0) is 35.4 Å². The van der Waals surface area contributed by atoms with Gasteiger partial charge in [-0.15, -0.1) is 0 Å². The van der Waals surface area contributed by atoms with Crippen molar-refractivity contribution >= 4 is 42.9 Å². The summed E-state index contributed by atoms with van der Waals surface area (Å²) < 4.78 is 1.78. The van der Waals surface area contributed by atoms with Crippen LogP contribution in [0, 0.1) is 0 Å². The monoisotopic (exact) mass is 410 g/mol. The number of aromatic nitrogens is 2. The van der Waals surface area contributed by atoms with Crippen molar-refractivity contribution in [1.82, 2.24) is 9.97 Å². The van der Waals surface area contributed by atoms with E-state index in [1.165, 1.54) is 0 Å². The fraction of sp³-hybridized carbons (Fsp3) is 0.133. The molecule has 0 amide bonds. The van der Waals surface area contributed by atoms with Crippen molar-refractivity contribution in [3.8, 4) is 0 Å². The van der Waals surface area contributed by atoms with Crippen molar-refractivity contribution in [3.05, 3.63) is 67.0 Å². The Morgan fingerprint density at radius 1 is 1.05 bits per heavy atom. The van der Waals surface area contributed by atoms with Gasteiger partial charge in [0.05, 0.1) is 17.1 Å². The number of rotatable bonds is 3. The average molecular weight is 412 g/mol. The summed E-state index contributed by atoms with van der Waals surface area (Å²) in [6, 6.07) is 11.4. The van der Waals surface area contributed by atoms with E-state index in [0.29, 0.717) is 17.5 Å². The predicted molar refractivity (Wildman–Crippen MR) is 89.4 cm³/mol. The number of imidazole rings is 1. The lowest BCUT2D eigenvalue weighted by Gasteiger charge is -2.13. The number of halogens is 2. The molecular formula is C15H12Br2N2O2. The molecule has 0 aliphatic heterocycles. The van der Waals surface area contributed by atoms with Gasteiger partial charge in [-0.25, -0.2) is 4.79 Å². The maximum atomic E-state index is 11.3. The molecule has 1 unspecified atom stereocenters. The lowest BCUT2D eigenvalue weighted by atomic mass is 10.0. The van der Waals surface area contributed by atoms with E-state index in [1.54, 1.807) is 12.1 Å². The number of aliphatic hydroxyl groups excluding tert-OH is 1. The SMILES string of the molecule is O=c1[nH]c2cc(Br)c(C(O)Cc3ccc(Br)cc3)cc2[nH]1. The van der Waals surface area contributed by atoms with Crippen molar-refractivity contribution in [3.63, 3.8) is 0 Å². The molecule has 0 spiro atoms. The van der Waals surface area contributed by atoms with Crippen LogP contribution in [0.3, 0.4) is 0 Å². The van der Waals surface area contributed by atoms with Crippen molar-refractivity contribution < 1.29 is 5.11 Å². The molecule has 3 rings (SSSR count). The molecule has 4 nitrogen and oxygen atoms in total. The molecule has 0 saturated heterocycles. The van der Waals surface area contributed by atoms with E-state index in [9.17, 15) is 9.90 Å². The summed E-state index contributed by atoms with van der Waals surface area (Å²) in [6.07, 6.45) is -0.144. The summed E-state index contributed by atoms with van der Waals surface area (Å²) in [6.45, 7) is 0. The van der Waals surface area contributed by atoms with E-state index in [-0.39, 0.29) is 5.69 Å². The van der Waals surface area contributed by atoms with Gasteiger partial charge in [-0.1, -0.05) is 44.0 Å². The lowest BCUT2D eigenvalue weighted by molar-refractivity contribution is 0.178. The Morgan fingerprint density at radius 3 is 2.33 bits per heavy atom. The van der Waals surface area contributed by atoms with E-state index >= 15 is 0 Å². The maximum absolute atomic E-state index is 11.3. The number of fused-ring (bicyclic) bond motifs is 1. The van der Waals surface area contributed by atoms with Gasteiger partial charge in [-0.2, -0.15) is 0 Å². The molecule has 0 bridgehead atoms. The zero-order valence-corrected chi connectivity index (χ0v) is 14.0. The Labute approximate surface area is 137 Å². The lowest BCUT2D eigenvalue weighted by Crippen LogP contribution is -2.03. The predicted octanol–water partition coefficient (Wildman–Crippen LogP) is 3.66. The molecule has 2 aromatic carbocycles. The van der Waals surface area contributed by atoms with Crippen LogP contribution in [0.2, 0.25) is 0 Å². The van der Waals surface area contributed by atoms with Crippen molar-refractivity contribution in [2.24, 2.45) is 0 Å². The van der Waals surface area contributed by atoms with Crippen LogP contribution in [0.25, 0.3) is 11.0 Å². The summed E-state index contributed by atoms with van der Waals surface area (Å²) in [5, 5.41) is 10.4. The number of benzene rings is 2. The summed E-state index contributed by atoms with van der Waals surface area (Å²) in [5.74, 6) is 0. The molecule has 0 fully saturated rings. The molecule has 0 saturated carbocycles. The van der Waals surface area contributed by atoms with E-state index in [1.807, 2.05) is 24.3 Å². The first-order chi connectivity index (χ1) is 10.0. The zero-order chi connectivity index (χ0) is 15.0. The minimum Gasteiger partial charge on any atom is -0.388 e.